The Bertz CT molecular complexity index is 724. The smallest absolute Gasteiger partial charge is 0.255 e. The summed E-state index contributed by atoms with van der Waals surface area (Å²) in [5.74, 6) is -0.273. The van der Waals surface area contributed by atoms with Crippen molar-refractivity contribution in [2.75, 3.05) is 11.6 Å². The van der Waals surface area contributed by atoms with Crippen LogP contribution in [0.25, 0.3) is 0 Å². The van der Waals surface area contributed by atoms with Gasteiger partial charge in [-0.1, -0.05) is 6.07 Å². The van der Waals surface area contributed by atoms with Gasteiger partial charge in [-0.05, 0) is 61.6 Å². The quantitative estimate of drug-likeness (QED) is 0.826. The molecule has 4 nitrogen and oxygen atoms in total. The number of hydrogen-bond donors (Lipinski definition) is 2. The second-order valence-corrected chi connectivity index (χ2v) is 6.39. The maximum absolute atomic E-state index is 12.3. The summed E-state index contributed by atoms with van der Waals surface area (Å²) in [5.41, 5.74) is 1.77. The van der Waals surface area contributed by atoms with Crippen molar-refractivity contribution in [3.8, 4) is 0 Å². The first kappa shape index (κ1) is 15.6. The fourth-order valence-electron chi connectivity index (χ4n) is 2.18. The Hall–Kier alpha value is -2.27. The van der Waals surface area contributed by atoms with Crippen molar-refractivity contribution in [1.29, 1.82) is 0 Å². The van der Waals surface area contributed by atoms with Gasteiger partial charge in [-0.15, -0.1) is 11.8 Å². The van der Waals surface area contributed by atoms with Crippen LogP contribution >= 0.6 is 11.8 Å². The molecule has 1 fully saturated rings. The second kappa shape index (κ2) is 6.87. The standard InChI is InChI=1S/C18H18N2O2S/c1-23-16-9-5-12(6-10-16)17(21)20-15-4-2-3-13(11-15)18(22)19-14-7-8-14/h2-6,9-11,14H,7-8H2,1H3,(H,19,22)(H,20,21). The van der Waals surface area contributed by atoms with E-state index >= 15 is 0 Å². The highest BCUT2D eigenvalue weighted by Crippen LogP contribution is 2.20. The molecule has 3 rings (SSSR count). The first-order valence-corrected chi connectivity index (χ1v) is 8.74. The molecule has 0 aromatic heterocycles. The van der Waals surface area contributed by atoms with Crippen molar-refractivity contribution in [3.63, 3.8) is 0 Å². The Morgan fingerprint density at radius 3 is 2.39 bits per heavy atom. The molecule has 2 aromatic carbocycles. The topological polar surface area (TPSA) is 58.2 Å². The number of carbonyl (C=O) groups is 2. The van der Waals surface area contributed by atoms with Gasteiger partial charge in [-0.25, -0.2) is 0 Å². The van der Waals surface area contributed by atoms with Gasteiger partial charge in [0.2, 0.25) is 0 Å². The zero-order valence-electron chi connectivity index (χ0n) is 12.8. The normalized spacial score (nSPS) is 13.4. The first-order valence-electron chi connectivity index (χ1n) is 7.52. The summed E-state index contributed by atoms with van der Waals surface area (Å²) in [5, 5.41) is 5.78. The highest BCUT2D eigenvalue weighted by molar-refractivity contribution is 7.98. The van der Waals surface area contributed by atoms with Gasteiger partial charge in [0.1, 0.15) is 0 Å². The molecular weight excluding hydrogens is 308 g/mol. The van der Waals surface area contributed by atoms with Gasteiger partial charge in [-0.3, -0.25) is 9.59 Å². The van der Waals surface area contributed by atoms with Crippen LogP contribution in [0.15, 0.2) is 53.4 Å². The van der Waals surface area contributed by atoms with Crippen LogP contribution in [0.5, 0.6) is 0 Å². The molecule has 0 heterocycles. The number of hydrogen-bond acceptors (Lipinski definition) is 3. The van der Waals surface area contributed by atoms with Crippen molar-refractivity contribution < 1.29 is 9.59 Å². The van der Waals surface area contributed by atoms with Crippen molar-refractivity contribution in [3.05, 3.63) is 59.7 Å². The zero-order valence-corrected chi connectivity index (χ0v) is 13.7. The highest BCUT2D eigenvalue weighted by Gasteiger charge is 2.23. The summed E-state index contributed by atoms with van der Waals surface area (Å²) >= 11 is 1.63. The van der Waals surface area contributed by atoms with Gasteiger partial charge >= 0.3 is 0 Å². The first-order chi connectivity index (χ1) is 11.2. The Balaban J connectivity index is 1.68. The lowest BCUT2D eigenvalue weighted by atomic mass is 10.1. The summed E-state index contributed by atoms with van der Waals surface area (Å²) in [6, 6.07) is 14.7. The van der Waals surface area contributed by atoms with E-state index in [4.69, 9.17) is 0 Å². The molecule has 2 N–H and O–H groups in total. The third kappa shape index (κ3) is 4.13. The van der Waals surface area contributed by atoms with Crippen molar-refractivity contribution in [2.24, 2.45) is 0 Å². The van der Waals surface area contributed by atoms with E-state index in [1.165, 1.54) is 0 Å². The molecule has 118 valence electrons. The number of nitrogens with one attached hydrogen (secondary N) is 2. The predicted octanol–water partition coefficient (Wildman–Crippen LogP) is 3.55. The van der Waals surface area contributed by atoms with E-state index in [0.717, 1.165) is 17.7 Å². The molecule has 0 unspecified atom stereocenters. The minimum Gasteiger partial charge on any atom is -0.349 e. The average Bonchev–Trinajstić information content (AvgIpc) is 3.39. The Kier molecular flexibility index (Phi) is 4.67. The second-order valence-electron chi connectivity index (χ2n) is 5.51. The summed E-state index contributed by atoms with van der Waals surface area (Å²) in [4.78, 5) is 25.4. The highest BCUT2D eigenvalue weighted by atomic mass is 32.2. The van der Waals surface area contributed by atoms with Gasteiger partial charge in [0, 0.05) is 27.8 Å². The lowest BCUT2D eigenvalue weighted by Gasteiger charge is -2.08. The van der Waals surface area contributed by atoms with Gasteiger partial charge in [0.05, 0.1) is 0 Å². The minimum absolute atomic E-state index is 0.0899. The molecule has 0 bridgehead atoms. The van der Waals surface area contributed by atoms with Crippen molar-refractivity contribution >= 4 is 29.3 Å². The Labute approximate surface area is 139 Å². The maximum atomic E-state index is 12.3. The van der Waals surface area contributed by atoms with Crippen LogP contribution in [0.1, 0.15) is 33.6 Å². The van der Waals surface area contributed by atoms with E-state index in [9.17, 15) is 9.59 Å². The molecule has 5 heteroatoms. The van der Waals surface area contributed by atoms with Crippen LogP contribution in [0.4, 0.5) is 5.69 Å². The van der Waals surface area contributed by atoms with Crippen LogP contribution in [-0.2, 0) is 0 Å². The fraction of sp³-hybridized carbons (Fsp3) is 0.222. The monoisotopic (exact) mass is 326 g/mol. The van der Waals surface area contributed by atoms with Crippen LogP contribution in [-0.4, -0.2) is 24.1 Å². The Morgan fingerprint density at radius 1 is 1.00 bits per heavy atom. The minimum atomic E-state index is -0.183. The van der Waals surface area contributed by atoms with Crippen LogP contribution in [0, 0.1) is 0 Å². The molecule has 0 saturated heterocycles. The number of amides is 2. The molecule has 1 saturated carbocycles. The van der Waals surface area contributed by atoms with Crippen molar-refractivity contribution in [2.45, 2.75) is 23.8 Å². The van der Waals surface area contributed by atoms with Crippen LogP contribution < -0.4 is 10.6 Å². The van der Waals surface area contributed by atoms with E-state index in [2.05, 4.69) is 10.6 Å². The van der Waals surface area contributed by atoms with E-state index < -0.39 is 0 Å². The van der Waals surface area contributed by atoms with Gasteiger partial charge in [0.25, 0.3) is 11.8 Å². The van der Waals surface area contributed by atoms with Crippen LogP contribution in [0.2, 0.25) is 0 Å². The third-order valence-electron chi connectivity index (χ3n) is 3.65. The third-order valence-corrected chi connectivity index (χ3v) is 4.39. The number of carbonyl (C=O) groups excluding carboxylic acids is 2. The molecule has 2 aromatic rings. The van der Waals surface area contributed by atoms with E-state index in [-0.39, 0.29) is 11.8 Å². The summed E-state index contributed by atoms with van der Waals surface area (Å²) in [6.45, 7) is 0. The lowest BCUT2D eigenvalue weighted by molar-refractivity contribution is 0.0949. The van der Waals surface area contributed by atoms with Gasteiger partial charge in [0.15, 0.2) is 0 Å². The average molecular weight is 326 g/mol. The predicted molar refractivity (Wildman–Crippen MR) is 93.1 cm³/mol. The van der Waals surface area contributed by atoms with Crippen molar-refractivity contribution in [1.82, 2.24) is 5.32 Å². The molecule has 1 aliphatic carbocycles. The van der Waals surface area contributed by atoms with Gasteiger partial charge in [-0.2, -0.15) is 0 Å². The molecule has 0 spiro atoms. The largest absolute Gasteiger partial charge is 0.349 e. The summed E-state index contributed by atoms with van der Waals surface area (Å²) in [6.07, 6.45) is 4.09. The van der Waals surface area contributed by atoms with E-state index in [0.29, 0.717) is 22.9 Å². The molecular formula is C18H18N2O2S. The lowest BCUT2D eigenvalue weighted by Crippen LogP contribution is -2.25. The van der Waals surface area contributed by atoms with E-state index in [1.54, 1.807) is 48.2 Å². The molecule has 2 amide bonds. The summed E-state index contributed by atoms with van der Waals surface area (Å²) in [7, 11) is 0. The number of anilines is 1. The SMILES string of the molecule is CSc1ccc(C(=O)Nc2cccc(C(=O)NC3CC3)c2)cc1. The fourth-order valence-corrected chi connectivity index (χ4v) is 2.59. The molecule has 0 atom stereocenters. The number of rotatable bonds is 5. The number of thioether (sulfide) groups is 1. The van der Waals surface area contributed by atoms with Crippen LogP contribution in [0.3, 0.4) is 0 Å². The number of benzene rings is 2. The maximum Gasteiger partial charge on any atom is 0.255 e. The molecule has 0 aliphatic heterocycles. The molecule has 23 heavy (non-hydrogen) atoms. The molecule has 1 aliphatic rings. The zero-order chi connectivity index (χ0) is 16.2. The molecule has 0 radical (unpaired) electrons. The van der Waals surface area contributed by atoms with Gasteiger partial charge < -0.3 is 10.6 Å². The van der Waals surface area contributed by atoms with E-state index in [1.807, 2.05) is 18.4 Å². The summed E-state index contributed by atoms with van der Waals surface area (Å²) < 4.78 is 0. The Morgan fingerprint density at radius 2 is 1.74 bits per heavy atom.